The molecule has 1 aliphatic carbocycles. The first kappa shape index (κ1) is 14.8. The van der Waals surface area contributed by atoms with E-state index in [0.29, 0.717) is 6.04 Å². The van der Waals surface area contributed by atoms with Gasteiger partial charge >= 0.3 is 5.97 Å². The first-order valence-corrected chi connectivity index (χ1v) is 7.31. The number of carbonyl (C=O) groups is 1. The van der Waals surface area contributed by atoms with Gasteiger partial charge in [-0.15, -0.1) is 0 Å². The van der Waals surface area contributed by atoms with E-state index in [2.05, 4.69) is 22.2 Å². The molecular weight excluding hydrogens is 242 g/mol. The summed E-state index contributed by atoms with van der Waals surface area (Å²) in [5.74, 6) is -0.103. The number of hydrogen-bond acceptors (Lipinski definition) is 5. The van der Waals surface area contributed by atoms with Crippen LogP contribution in [0.4, 0.5) is 0 Å². The Hall–Kier alpha value is -0.650. The molecular formula is C14H27N3O2. The van der Waals surface area contributed by atoms with Crippen molar-refractivity contribution in [3.05, 3.63) is 0 Å². The smallest absolute Gasteiger partial charge is 0.326 e. The van der Waals surface area contributed by atoms with Crippen molar-refractivity contribution in [3.63, 3.8) is 0 Å². The summed E-state index contributed by atoms with van der Waals surface area (Å²) in [5.41, 5.74) is -0.471. The van der Waals surface area contributed by atoms with Crippen molar-refractivity contribution in [1.82, 2.24) is 15.1 Å². The van der Waals surface area contributed by atoms with Crippen LogP contribution in [-0.2, 0) is 9.53 Å². The van der Waals surface area contributed by atoms with Crippen molar-refractivity contribution in [2.24, 2.45) is 0 Å². The second-order valence-corrected chi connectivity index (χ2v) is 5.91. The summed E-state index contributed by atoms with van der Waals surface area (Å²) in [6.45, 7) is 4.48. The maximum absolute atomic E-state index is 12.1. The van der Waals surface area contributed by atoms with Gasteiger partial charge in [0.05, 0.1) is 7.11 Å². The van der Waals surface area contributed by atoms with Crippen LogP contribution in [0.5, 0.6) is 0 Å². The number of methoxy groups -OCH3 is 1. The molecule has 1 N–H and O–H groups in total. The van der Waals surface area contributed by atoms with Crippen LogP contribution < -0.4 is 5.32 Å². The Morgan fingerprint density at radius 2 is 2.00 bits per heavy atom. The first-order valence-electron chi connectivity index (χ1n) is 7.31. The van der Waals surface area contributed by atoms with Crippen LogP contribution in [-0.4, -0.2) is 74.7 Å². The molecule has 0 radical (unpaired) electrons. The quantitative estimate of drug-likeness (QED) is 0.747. The third-order valence-electron chi connectivity index (χ3n) is 4.83. The lowest BCUT2D eigenvalue weighted by Crippen LogP contribution is -2.59. The molecule has 0 bridgehead atoms. The van der Waals surface area contributed by atoms with Gasteiger partial charge in [-0.25, -0.2) is 0 Å². The summed E-state index contributed by atoms with van der Waals surface area (Å²) in [6.07, 6.45) is 4.05. The molecule has 19 heavy (non-hydrogen) atoms. The first-order chi connectivity index (χ1) is 9.11. The van der Waals surface area contributed by atoms with Gasteiger partial charge in [-0.05, 0) is 39.8 Å². The molecule has 2 unspecified atom stereocenters. The Morgan fingerprint density at radius 3 is 2.58 bits per heavy atom. The molecule has 0 aromatic heterocycles. The van der Waals surface area contributed by atoms with Crippen molar-refractivity contribution in [1.29, 1.82) is 0 Å². The number of nitrogens with one attached hydrogen (secondary N) is 1. The molecule has 2 aliphatic rings. The Morgan fingerprint density at radius 1 is 1.32 bits per heavy atom. The van der Waals surface area contributed by atoms with Gasteiger partial charge in [0.2, 0.25) is 0 Å². The van der Waals surface area contributed by atoms with Crippen LogP contribution in [0.1, 0.15) is 25.7 Å². The predicted molar refractivity (Wildman–Crippen MR) is 75.1 cm³/mol. The van der Waals surface area contributed by atoms with Gasteiger partial charge in [-0.3, -0.25) is 9.69 Å². The van der Waals surface area contributed by atoms with Crippen molar-refractivity contribution in [3.8, 4) is 0 Å². The molecule has 0 aromatic rings. The number of carbonyl (C=O) groups excluding carboxylic acids is 1. The lowest BCUT2D eigenvalue weighted by Gasteiger charge is -2.45. The van der Waals surface area contributed by atoms with E-state index < -0.39 is 5.54 Å². The second kappa shape index (κ2) is 6.20. The molecule has 2 fully saturated rings. The second-order valence-electron chi connectivity index (χ2n) is 5.91. The molecule has 1 saturated carbocycles. The van der Waals surface area contributed by atoms with Crippen molar-refractivity contribution < 1.29 is 9.53 Å². The lowest BCUT2D eigenvalue weighted by molar-refractivity contribution is -0.151. The molecule has 1 aliphatic heterocycles. The fraction of sp³-hybridized carbons (Fsp3) is 0.929. The van der Waals surface area contributed by atoms with Crippen LogP contribution in [0.3, 0.4) is 0 Å². The normalized spacial score (nSPS) is 34.2. The van der Waals surface area contributed by atoms with Crippen LogP contribution in [0.2, 0.25) is 0 Å². The molecule has 110 valence electrons. The standard InChI is InChI=1S/C14H27N3O2/c1-15-14(13(18)19-3)6-4-5-12(11-14)17-9-7-16(2)8-10-17/h12,15H,4-11H2,1-3H3. The highest BCUT2D eigenvalue weighted by Gasteiger charge is 2.44. The summed E-state index contributed by atoms with van der Waals surface area (Å²) in [5, 5.41) is 3.23. The van der Waals surface area contributed by atoms with Gasteiger partial charge in [0.25, 0.3) is 0 Å². The summed E-state index contributed by atoms with van der Waals surface area (Å²) >= 11 is 0. The summed E-state index contributed by atoms with van der Waals surface area (Å²) in [7, 11) is 5.54. The topological polar surface area (TPSA) is 44.8 Å². The van der Waals surface area contributed by atoms with E-state index in [1.807, 2.05) is 7.05 Å². The van der Waals surface area contributed by atoms with Gasteiger partial charge in [-0.2, -0.15) is 0 Å². The number of rotatable bonds is 3. The van der Waals surface area contributed by atoms with E-state index >= 15 is 0 Å². The molecule has 5 heteroatoms. The Bertz CT molecular complexity index is 316. The van der Waals surface area contributed by atoms with E-state index in [1.165, 1.54) is 13.5 Å². The fourth-order valence-corrected chi connectivity index (χ4v) is 3.45. The van der Waals surface area contributed by atoms with Gasteiger partial charge in [-0.1, -0.05) is 0 Å². The maximum Gasteiger partial charge on any atom is 0.326 e. The third kappa shape index (κ3) is 3.09. The molecule has 5 nitrogen and oxygen atoms in total. The highest BCUT2D eigenvalue weighted by Crippen LogP contribution is 2.32. The fourth-order valence-electron chi connectivity index (χ4n) is 3.45. The minimum absolute atomic E-state index is 0.103. The largest absolute Gasteiger partial charge is 0.468 e. The summed E-state index contributed by atoms with van der Waals surface area (Å²) in [6, 6.07) is 0.508. The zero-order chi connectivity index (χ0) is 13.9. The Labute approximate surface area is 116 Å². The maximum atomic E-state index is 12.1. The minimum Gasteiger partial charge on any atom is -0.468 e. The monoisotopic (exact) mass is 269 g/mol. The summed E-state index contributed by atoms with van der Waals surface area (Å²) in [4.78, 5) is 17.0. The van der Waals surface area contributed by atoms with Gasteiger partial charge in [0.15, 0.2) is 0 Å². The van der Waals surface area contributed by atoms with E-state index in [9.17, 15) is 4.79 Å². The number of esters is 1. The van der Waals surface area contributed by atoms with Gasteiger partial charge in [0, 0.05) is 32.2 Å². The number of nitrogens with zero attached hydrogens (tertiary/aromatic N) is 2. The van der Waals surface area contributed by atoms with E-state index in [4.69, 9.17) is 4.74 Å². The molecule has 1 heterocycles. The van der Waals surface area contributed by atoms with E-state index in [1.54, 1.807) is 0 Å². The Kier molecular flexibility index (Phi) is 4.81. The van der Waals surface area contributed by atoms with Gasteiger partial charge < -0.3 is 15.0 Å². The van der Waals surface area contributed by atoms with Crippen molar-refractivity contribution >= 4 is 5.97 Å². The van der Waals surface area contributed by atoms with Crippen LogP contribution in [0, 0.1) is 0 Å². The van der Waals surface area contributed by atoms with Crippen LogP contribution in [0.15, 0.2) is 0 Å². The van der Waals surface area contributed by atoms with E-state index in [-0.39, 0.29) is 5.97 Å². The highest BCUT2D eigenvalue weighted by atomic mass is 16.5. The molecule has 0 amide bonds. The zero-order valence-corrected chi connectivity index (χ0v) is 12.4. The van der Waals surface area contributed by atoms with Crippen LogP contribution >= 0.6 is 0 Å². The molecule has 1 saturated heterocycles. The lowest BCUT2D eigenvalue weighted by atomic mass is 9.78. The number of hydrogen-bond donors (Lipinski definition) is 1. The SMILES string of the molecule is CNC1(C(=O)OC)CCCC(N2CCN(C)CC2)C1. The van der Waals surface area contributed by atoms with Gasteiger partial charge in [0.1, 0.15) is 5.54 Å². The molecule has 0 aromatic carbocycles. The highest BCUT2D eigenvalue weighted by molar-refractivity contribution is 5.81. The number of likely N-dealkylation sites (N-methyl/N-ethyl adjacent to an activating group) is 2. The third-order valence-corrected chi connectivity index (χ3v) is 4.83. The summed E-state index contributed by atoms with van der Waals surface area (Å²) < 4.78 is 5.01. The number of piperazine rings is 1. The molecule has 2 atom stereocenters. The predicted octanol–water partition coefficient (Wildman–Crippen LogP) is 0.308. The average Bonchev–Trinajstić information content (AvgIpc) is 2.47. The van der Waals surface area contributed by atoms with Crippen LogP contribution in [0.25, 0.3) is 0 Å². The Balaban J connectivity index is 2.01. The zero-order valence-electron chi connectivity index (χ0n) is 12.4. The van der Waals surface area contributed by atoms with E-state index in [0.717, 1.165) is 45.4 Å². The average molecular weight is 269 g/mol. The van der Waals surface area contributed by atoms with Crippen molar-refractivity contribution in [2.75, 3.05) is 47.4 Å². The van der Waals surface area contributed by atoms with Crippen molar-refractivity contribution in [2.45, 2.75) is 37.3 Å². The minimum atomic E-state index is -0.471. The molecule has 0 spiro atoms. The number of ether oxygens (including phenoxy) is 1. The molecule has 2 rings (SSSR count).